The van der Waals surface area contributed by atoms with Crippen molar-refractivity contribution in [2.75, 3.05) is 19.5 Å². The Hall–Kier alpha value is -4.02. The molecule has 0 spiro atoms. The fourth-order valence-electron chi connectivity index (χ4n) is 4.01. The van der Waals surface area contributed by atoms with E-state index in [4.69, 9.17) is 14.2 Å². The molecule has 0 unspecified atom stereocenters. The standard InChI is InChI=1S/C26H27F3N2O6/c1-14(10-12-20(32)37-19-8-6-5-7-18(19)26(27,28)29)9-11-16-22(31-25(34)30-3)21-17(13-36-24(21)33)15(2)23(16)35-4/h5-9H,10-13H2,1-4H3,(H2,30,31,34)/b14-9+. The van der Waals surface area contributed by atoms with Gasteiger partial charge in [-0.25, -0.2) is 9.59 Å². The van der Waals surface area contributed by atoms with Crippen molar-refractivity contribution in [2.24, 2.45) is 0 Å². The summed E-state index contributed by atoms with van der Waals surface area (Å²) in [5, 5.41) is 5.13. The van der Waals surface area contributed by atoms with Gasteiger partial charge in [-0.05, 0) is 44.4 Å². The Morgan fingerprint density at radius 3 is 2.54 bits per heavy atom. The van der Waals surface area contributed by atoms with Gasteiger partial charge in [0.2, 0.25) is 0 Å². The van der Waals surface area contributed by atoms with Crippen molar-refractivity contribution in [1.29, 1.82) is 0 Å². The Bertz CT molecular complexity index is 1250. The normalized spacial score (nSPS) is 13.1. The van der Waals surface area contributed by atoms with Crippen molar-refractivity contribution in [3.63, 3.8) is 0 Å². The minimum atomic E-state index is -4.65. The summed E-state index contributed by atoms with van der Waals surface area (Å²) in [6.07, 6.45) is -2.55. The zero-order chi connectivity index (χ0) is 27.3. The molecule has 1 aliphatic rings. The molecule has 2 amide bonds. The molecule has 2 aromatic carbocycles. The van der Waals surface area contributed by atoms with Crippen LogP contribution in [0.2, 0.25) is 0 Å². The number of cyclic esters (lactones) is 1. The second-order valence-electron chi connectivity index (χ2n) is 8.37. The van der Waals surface area contributed by atoms with Gasteiger partial charge in [0.25, 0.3) is 0 Å². The first-order valence-corrected chi connectivity index (χ1v) is 11.4. The summed E-state index contributed by atoms with van der Waals surface area (Å²) in [5.41, 5.74) is 2.13. The number of hydrogen-bond acceptors (Lipinski definition) is 6. The van der Waals surface area contributed by atoms with Crippen LogP contribution in [0.3, 0.4) is 0 Å². The lowest BCUT2D eigenvalue weighted by atomic mass is 9.93. The number of anilines is 1. The first-order valence-electron chi connectivity index (χ1n) is 11.4. The first-order chi connectivity index (χ1) is 17.5. The van der Waals surface area contributed by atoms with Crippen LogP contribution in [0.15, 0.2) is 35.9 Å². The van der Waals surface area contributed by atoms with Crippen LogP contribution < -0.4 is 20.1 Å². The van der Waals surface area contributed by atoms with E-state index in [-0.39, 0.29) is 37.1 Å². The van der Waals surface area contributed by atoms with Crippen LogP contribution in [0.1, 0.15) is 52.4 Å². The number of hydrogen-bond donors (Lipinski definition) is 2. The molecule has 0 saturated carbocycles. The maximum absolute atomic E-state index is 13.1. The smallest absolute Gasteiger partial charge is 0.419 e. The number of halogens is 3. The molecule has 0 atom stereocenters. The molecule has 8 nitrogen and oxygen atoms in total. The second kappa shape index (κ2) is 11.4. The average Bonchev–Trinajstić information content (AvgIpc) is 3.24. The fourth-order valence-corrected chi connectivity index (χ4v) is 4.01. The Balaban J connectivity index is 1.79. The summed E-state index contributed by atoms with van der Waals surface area (Å²) in [6, 6.07) is 3.98. The van der Waals surface area contributed by atoms with E-state index in [0.29, 0.717) is 22.4 Å². The molecule has 11 heteroatoms. The number of para-hydroxylation sites is 1. The van der Waals surface area contributed by atoms with Gasteiger partial charge in [-0.2, -0.15) is 13.2 Å². The largest absolute Gasteiger partial charge is 0.496 e. The van der Waals surface area contributed by atoms with Gasteiger partial charge in [-0.1, -0.05) is 23.8 Å². The van der Waals surface area contributed by atoms with Crippen LogP contribution in [-0.4, -0.2) is 32.1 Å². The highest BCUT2D eigenvalue weighted by molar-refractivity contribution is 6.05. The molecule has 2 aromatic rings. The summed E-state index contributed by atoms with van der Waals surface area (Å²) >= 11 is 0. The number of benzene rings is 2. The number of alkyl halides is 3. The van der Waals surface area contributed by atoms with Crippen LogP contribution in [0, 0.1) is 6.92 Å². The Morgan fingerprint density at radius 1 is 1.19 bits per heavy atom. The van der Waals surface area contributed by atoms with E-state index in [1.807, 2.05) is 0 Å². The molecule has 1 heterocycles. The van der Waals surface area contributed by atoms with E-state index >= 15 is 0 Å². The second-order valence-corrected chi connectivity index (χ2v) is 8.37. The number of urea groups is 1. The summed E-state index contributed by atoms with van der Waals surface area (Å²) in [4.78, 5) is 36.8. The quantitative estimate of drug-likeness (QED) is 0.278. The topological polar surface area (TPSA) is 103 Å². The summed E-state index contributed by atoms with van der Waals surface area (Å²) in [7, 11) is 2.92. The highest BCUT2D eigenvalue weighted by atomic mass is 19.4. The third-order valence-corrected chi connectivity index (χ3v) is 5.94. The van der Waals surface area contributed by atoms with Gasteiger partial charge >= 0.3 is 24.1 Å². The van der Waals surface area contributed by atoms with E-state index in [2.05, 4.69) is 10.6 Å². The van der Waals surface area contributed by atoms with Gasteiger partial charge in [0.1, 0.15) is 18.1 Å². The van der Waals surface area contributed by atoms with Crippen molar-refractivity contribution in [3.05, 3.63) is 63.7 Å². The number of amides is 2. The van der Waals surface area contributed by atoms with E-state index < -0.39 is 35.5 Å². The number of carbonyl (C=O) groups is 3. The van der Waals surface area contributed by atoms with Gasteiger partial charge in [-0.3, -0.25) is 4.79 Å². The molecule has 0 saturated heterocycles. The third-order valence-electron chi connectivity index (χ3n) is 5.94. The minimum Gasteiger partial charge on any atom is -0.496 e. The van der Waals surface area contributed by atoms with Crippen molar-refractivity contribution < 1.29 is 41.8 Å². The zero-order valence-electron chi connectivity index (χ0n) is 20.8. The summed E-state index contributed by atoms with van der Waals surface area (Å²) in [5.74, 6) is -1.43. The van der Waals surface area contributed by atoms with Gasteiger partial charge in [0.15, 0.2) is 0 Å². The Kier molecular flexibility index (Phi) is 8.46. The molecule has 198 valence electrons. The van der Waals surface area contributed by atoms with Crippen LogP contribution in [-0.2, 0) is 28.7 Å². The molecule has 2 N–H and O–H groups in total. The van der Waals surface area contributed by atoms with E-state index in [0.717, 1.165) is 17.7 Å². The van der Waals surface area contributed by atoms with Crippen LogP contribution in [0.25, 0.3) is 0 Å². The van der Waals surface area contributed by atoms with Crippen molar-refractivity contribution in [3.8, 4) is 11.5 Å². The highest BCUT2D eigenvalue weighted by Gasteiger charge is 2.35. The van der Waals surface area contributed by atoms with E-state index in [9.17, 15) is 27.6 Å². The lowest BCUT2D eigenvalue weighted by molar-refractivity contribution is -0.142. The third kappa shape index (κ3) is 6.22. The maximum atomic E-state index is 13.1. The van der Waals surface area contributed by atoms with Gasteiger partial charge < -0.3 is 24.8 Å². The van der Waals surface area contributed by atoms with E-state index in [1.54, 1.807) is 19.9 Å². The first kappa shape index (κ1) is 27.6. The lowest BCUT2D eigenvalue weighted by Crippen LogP contribution is -2.26. The van der Waals surface area contributed by atoms with Crippen molar-refractivity contribution in [1.82, 2.24) is 5.32 Å². The number of methoxy groups -OCH3 is 1. The number of esters is 2. The molecular weight excluding hydrogens is 493 g/mol. The number of allylic oxidation sites excluding steroid dienone is 2. The maximum Gasteiger partial charge on any atom is 0.419 e. The highest BCUT2D eigenvalue weighted by Crippen LogP contribution is 2.41. The summed E-state index contributed by atoms with van der Waals surface area (Å²) in [6.45, 7) is 3.61. The Labute approximate surface area is 211 Å². The molecule has 0 bridgehead atoms. The van der Waals surface area contributed by atoms with E-state index in [1.165, 1.54) is 26.3 Å². The predicted molar refractivity (Wildman–Crippen MR) is 129 cm³/mol. The van der Waals surface area contributed by atoms with Gasteiger partial charge in [0.05, 0.1) is 23.9 Å². The molecule has 0 radical (unpaired) electrons. The number of nitrogens with one attached hydrogen (secondary N) is 2. The van der Waals surface area contributed by atoms with Crippen molar-refractivity contribution in [2.45, 2.75) is 45.9 Å². The SMILES string of the molecule is CNC(=O)Nc1c(C/C=C(\C)CCC(=O)Oc2ccccc2C(F)(F)F)c(OC)c(C)c2c1C(=O)OC2. The monoisotopic (exact) mass is 520 g/mol. The lowest BCUT2D eigenvalue weighted by Gasteiger charge is -2.19. The van der Waals surface area contributed by atoms with Gasteiger partial charge in [-0.15, -0.1) is 0 Å². The molecular formula is C26H27F3N2O6. The molecule has 0 fully saturated rings. The average molecular weight is 521 g/mol. The molecule has 1 aliphatic heterocycles. The predicted octanol–water partition coefficient (Wildman–Crippen LogP) is 5.32. The van der Waals surface area contributed by atoms with Crippen molar-refractivity contribution >= 4 is 23.7 Å². The molecule has 0 aromatic heterocycles. The Morgan fingerprint density at radius 2 is 1.89 bits per heavy atom. The van der Waals surface area contributed by atoms with Crippen LogP contribution in [0.5, 0.6) is 11.5 Å². The molecule has 0 aliphatic carbocycles. The fraction of sp³-hybridized carbons (Fsp3) is 0.346. The molecule has 37 heavy (non-hydrogen) atoms. The summed E-state index contributed by atoms with van der Waals surface area (Å²) < 4.78 is 55.1. The van der Waals surface area contributed by atoms with Crippen LogP contribution in [0.4, 0.5) is 23.7 Å². The number of carbonyl (C=O) groups excluding carboxylic acids is 3. The number of rotatable bonds is 8. The van der Waals surface area contributed by atoms with Crippen LogP contribution >= 0.6 is 0 Å². The zero-order valence-corrected chi connectivity index (χ0v) is 20.8. The van der Waals surface area contributed by atoms with Gasteiger partial charge in [0, 0.05) is 24.6 Å². The minimum absolute atomic E-state index is 0.0630. The molecule has 3 rings (SSSR count). The number of fused-ring (bicyclic) bond motifs is 1. The number of ether oxygens (including phenoxy) is 3.